The van der Waals surface area contributed by atoms with Crippen molar-refractivity contribution >= 4 is 27.7 Å². The first-order valence-corrected chi connectivity index (χ1v) is 4.95. The minimum absolute atomic E-state index is 0.222. The predicted molar refractivity (Wildman–Crippen MR) is 55.4 cm³/mol. The van der Waals surface area contributed by atoms with Gasteiger partial charge in [0.25, 0.3) is 0 Å². The van der Waals surface area contributed by atoms with Crippen LogP contribution in [-0.2, 0) is 0 Å². The molecule has 0 aliphatic heterocycles. The summed E-state index contributed by atoms with van der Waals surface area (Å²) in [6.45, 7) is 2.17. The average molecular weight is 243 g/mol. The summed E-state index contributed by atoms with van der Waals surface area (Å²) < 4.78 is 0.715. The molecule has 0 aromatic carbocycles. The van der Waals surface area contributed by atoms with Crippen LogP contribution in [0.15, 0.2) is 10.7 Å². The first kappa shape index (κ1) is 8.74. The van der Waals surface area contributed by atoms with Gasteiger partial charge in [-0.05, 0) is 35.7 Å². The zero-order chi connectivity index (χ0) is 9.47. The second kappa shape index (κ2) is 2.83. The van der Waals surface area contributed by atoms with Gasteiger partial charge in [0.1, 0.15) is 10.4 Å². The fourth-order valence-electron chi connectivity index (χ4n) is 1.12. The molecule has 2 rings (SSSR count). The zero-order valence-electron chi connectivity index (χ0n) is 7.34. The number of rotatable bonds is 2. The van der Waals surface area contributed by atoms with Gasteiger partial charge in [-0.25, -0.2) is 4.98 Å². The number of aromatic nitrogens is 2. The van der Waals surface area contributed by atoms with Crippen LogP contribution in [0.4, 0.5) is 11.8 Å². The Labute approximate surface area is 85.1 Å². The molecule has 4 nitrogen and oxygen atoms in total. The van der Waals surface area contributed by atoms with Crippen LogP contribution in [0.25, 0.3) is 0 Å². The monoisotopic (exact) mass is 242 g/mol. The smallest absolute Gasteiger partial charge is 0.223 e. The molecule has 1 aliphatic rings. The van der Waals surface area contributed by atoms with Gasteiger partial charge in [-0.3, -0.25) is 0 Å². The van der Waals surface area contributed by atoms with Crippen molar-refractivity contribution in [2.75, 3.05) is 11.1 Å². The van der Waals surface area contributed by atoms with Gasteiger partial charge < -0.3 is 11.1 Å². The van der Waals surface area contributed by atoms with Crippen molar-refractivity contribution in [2.24, 2.45) is 0 Å². The van der Waals surface area contributed by atoms with Gasteiger partial charge >= 0.3 is 0 Å². The summed E-state index contributed by atoms with van der Waals surface area (Å²) in [5, 5.41) is 3.31. The van der Waals surface area contributed by atoms with E-state index in [1.807, 2.05) is 6.07 Å². The summed E-state index contributed by atoms with van der Waals surface area (Å²) >= 11 is 3.27. The quantitative estimate of drug-likeness (QED) is 0.777. The van der Waals surface area contributed by atoms with Crippen molar-refractivity contribution in [3.63, 3.8) is 0 Å². The number of nitrogens with one attached hydrogen (secondary N) is 1. The first-order valence-electron chi connectivity index (χ1n) is 4.16. The van der Waals surface area contributed by atoms with Gasteiger partial charge in [-0.2, -0.15) is 4.98 Å². The lowest BCUT2D eigenvalue weighted by atomic mass is 10.3. The Hall–Kier alpha value is -0.840. The van der Waals surface area contributed by atoms with Crippen LogP contribution in [0.2, 0.25) is 0 Å². The van der Waals surface area contributed by atoms with Gasteiger partial charge in [0.15, 0.2) is 0 Å². The normalized spacial score (nSPS) is 18.3. The van der Waals surface area contributed by atoms with E-state index in [1.54, 1.807) is 0 Å². The second-order valence-corrected chi connectivity index (χ2v) is 4.43. The Morgan fingerprint density at radius 3 is 2.77 bits per heavy atom. The molecule has 1 aromatic rings. The summed E-state index contributed by atoms with van der Waals surface area (Å²) in [5.74, 6) is 1.08. The molecule has 70 valence electrons. The van der Waals surface area contributed by atoms with E-state index in [2.05, 4.69) is 38.1 Å². The van der Waals surface area contributed by atoms with Crippen LogP contribution in [0.5, 0.6) is 0 Å². The lowest BCUT2D eigenvalue weighted by Gasteiger charge is -2.12. The molecule has 0 amide bonds. The van der Waals surface area contributed by atoms with Crippen molar-refractivity contribution in [3.8, 4) is 0 Å². The molecule has 0 unspecified atom stereocenters. The summed E-state index contributed by atoms with van der Waals surface area (Å²) in [4.78, 5) is 8.01. The van der Waals surface area contributed by atoms with Gasteiger partial charge in [0, 0.05) is 11.6 Å². The highest BCUT2D eigenvalue weighted by atomic mass is 79.9. The molecule has 0 bridgehead atoms. The molecule has 0 atom stereocenters. The van der Waals surface area contributed by atoms with E-state index < -0.39 is 0 Å². The fourth-order valence-corrected chi connectivity index (χ4v) is 1.52. The third-order valence-electron chi connectivity index (χ3n) is 2.14. The zero-order valence-corrected chi connectivity index (χ0v) is 8.93. The number of nitrogens with zero attached hydrogens (tertiary/aromatic N) is 2. The molecule has 0 saturated heterocycles. The number of hydrogen-bond acceptors (Lipinski definition) is 4. The van der Waals surface area contributed by atoms with Crippen LogP contribution < -0.4 is 11.1 Å². The SMILES string of the molecule is CC1(Nc2cc(Br)nc(N)n2)CC1. The molecule has 0 radical (unpaired) electrons. The van der Waals surface area contributed by atoms with Crippen LogP contribution >= 0.6 is 15.9 Å². The highest BCUT2D eigenvalue weighted by molar-refractivity contribution is 9.10. The van der Waals surface area contributed by atoms with E-state index in [-0.39, 0.29) is 5.54 Å². The third-order valence-corrected chi connectivity index (χ3v) is 2.55. The van der Waals surface area contributed by atoms with E-state index in [4.69, 9.17) is 5.73 Å². The van der Waals surface area contributed by atoms with Crippen molar-refractivity contribution in [2.45, 2.75) is 25.3 Å². The van der Waals surface area contributed by atoms with Crippen molar-refractivity contribution < 1.29 is 0 Å². The molecule has 1 aliphatic carbocycles. The van der Waals surface area contributed by atoms with E-state index in [0.717, 1.165) is 5.82 Å². The summed E-state index contributed by atoms with van der Waals surface area (Å²) in [5.41, 5.74) is 5.73. The maximum atomic E-state index is 5.51. The van der Waals surface area contributed by atoms with E-state index >= 15 is 0 Å². The molecule has 1 saturated carbocycles. The van der Waals surface area contributed by atoms with Crippen molar-refractivity contribution in [3.05, 3.63) is 10.7 Å². The highest BCUT2D eigenvalue weighted by Gasteiger charge is 2.37. The van der Waals surface area contributed by atoms with Crippen LogP contribution in [-0.4, -0.2) is 15.5 Å². The van der Waals surface area contributed by atoms with Crippen molar-refractivity contribution in [1.29, 1.82) is 0 Å². The molecule has 13 heavy (non-hydrogen) atoms. The summed E-state index contributed by atoms with van der Waals surface area (Å²) in [6, 6.07) is 1.83. The Balaban J connectivity index is 2.20. The maximum absolute atomic E-state index is 5.51. The van der Waals surface area contributed by atoms with Crippen molar-refractivity contribution in [1.82, 2.24) is 9.97 Å². The maximum Gasteiger partial charge on any atom is 0.223 e. The molecule has 3 N–H and O–H groups in total. The van der Waals surface area contributed by atoms with Gasteiger partial charge in [-0.15, -0.1) is 0 Å². The number of nitrogens with two attached hydrogens (primary N) is 1. The van der Waals surface area contributed by atoms with Gasteiger partial charge in [0.2, 0.25) is 5.95 Å². The molecule has 5 heteroatoms. The number of anilines is 2. The Bertz CT molecular complexity index is 315. The minimum atomic E-state index is 0.222. The lowest BCUT2D eigenvalue weighted by molar-refractivity contribution is 0.819. The summed E-state index contributed by atoms with van der Waals surface area (Å²) in [7, 11) is 0. The van der Waals surface area contributed by atoms with Gasteiger partial charge in [0.05, 0.1) is 0 Å². The first-order chi connectivity index (χ1) is 6.07. The average Bonchev–Trinajstić information content (AvgIpc) is 2.64. The minimum Gasteiger partial charge on any atom is -0.368 e. The summed E-state index contributed by atoms with van der Waals surface area (Å²) in [6.07, 6.45) is 2.38. The Morgan fingerprint density at radius 2 is 2.23 bits per heavy atom. The molecular formula is C8H11BrN4. The van der Waals surface area contributed by atoms with E-state index in [1.165, 1.54) is 12.8 Å². The van der Waals surface area contributed by atoms with Crippen LogP contribution in [0.1, 0.15) is 19.8 Å². The molecule has 0 spiro atoms. The number of halogens is 1. The molecular weight excluding hydrogens is 232 g/mol. The molecule has 1 fully saturated rings. The predicted octanol–water partition coefficient (Wildman–Crippen LogP) is 1.79. The molecule has 1 heterocycles. The second-order valence-electron chi connectivity index (χ2n) is 3.62. The fraction of sp³-hybridized carbons (Fsp3) is 0.500. The third kappa shape index (κ3) is 2.09. The number of hydrogen-bond donors (Lipinski definition) is 2. The van der Waals surface area contributed by atoms with Crippen LogP contribution in [0, 0.1) is 0 Å². The standard InChI is InChI=1S/C8H11BrN4/c1-8(2-3-8)13-6-4-5(9)11-7(10)12-6/h4H,2-3H2,1H3,(H3,10,11,12,13). The molecule has 1 aromatic heterocycles. The Kier molecular flexibility index (Phi) is 1.91. The van der Waals surface area contributed by atoms with E-state index in [0.29, 0.717) is 10.6 Å². The van der Waals surface area contributed by atoms with Gasteiger partial charge in [-0.1, -0.05) is 0 Å². The highest BCUT2D eigenvalue weighted by Crippen LogP contribution is 2.37. The largest absolute Gasteiger partial charge is 0.368 e. The number of nitrogen functional groups attached to an aromatic ring is 1. The lowest BCUT2D eigenvalue weighted by Crippen LogP contribution is -2.17. The Morgan fingerprint density at radius 1 is 1.54 bits per heavy atom. The topological polar surface area (TPSA) is 63.8 Å². The van der Waals surface area contributed by atoms with Crippen LogP contribution in [0.3, 0.4) is 0 Å². The van der Waals surface area contributed by atoms with E-state index in [9.17, 15) is 0 Å².